The van der Waals surface area contributed by atoms with Gasteiger partial charge in [0.25, 0.3) is 0 Å². The summed E-state index contributed by atoms with van der Waals surface area (Å²) >= 11 is 0. The number of carbonyl (C=O) groups is 1. The van der Waals surface area contributed by atoms with E-state index in [2.05, 4.69) is 5.32 Å². The normalized spacial score (nSPS) is 14.8. The zero-order chi connectivity index (χ0) is 15.3. The molecule has 2 atom stereocenters. The fourth-order valence-corrected chi connectivity index (χ4v) is 1.91. The third-order valence-corrected chi connectivity index (χ3v) is 2.88. The molecule has 20 heavy (non-hydrogen) atoms. The van der Waals surface area contributed by atoms with Crippen molar-refractivity contribution < 1.29 is 14.6 Å². The Hall–Kier alpha value is -1.55. The molecular weight excluding hydrogens is 254 g/mol. The van der Waals surface area contributed by atoms with Crippen LogP contribution in [-0.4, -0.2) is 22.8 Å². The maximum Gasteiger partial charge on any atom is 0.407 e. The van der Waals surface area contributed by atoms with Crippen LogP contribution in [0.1, 0.15) is 46.3 Å². The summed E-state index contributed by atoms with van der Waals surface area (Å²) in [5, 5.41) is 13.2. The van der Waals surface area contributed by atoms with Gasteiger partial charge in [0, 0.05) is 0 Å². The van der Waals surface area contributed by atoms with Crippen LogP contribution in [0.5, 0.6) is 0 Å². The van der Waals surface area contributed by atoms with Crippen LogP contribution in [-0.2, 0) is 4.74 Å². The summed E-state index contributed by atoms with van der Waals surface area (Å²) in [5.74, 6) is 0.0812. The van der Waals surface area contributed by atoms with Crippen molar-refractivity contribution in [3.8, 4) is 0 Å². The number of nitrogens with one attached hydrogen (secondary N) is 1. The first-order valence-electron chi connectivity index (χ1n) is 6.93. The van der Waals surface area contributed by atoms with Gasteiger partial charge in [0.15, 0.2) is 0 Å². The van der Waals surface area contributed by atoms with Crippen molar-refractivity contribution in [2.45, 2.75) is 52.4 Å². The lowest BCUT2D eigenvalue weighted by molar-refractivity contribution is 0.0374. The number of benzene rings is 1. The Bertz CT molecular complexity index is 423. The zero-order valence-electron chi connectivity index (χ0n) is 12.9. The molecule has 0 radical (unpaired) electrons. The molecule has 0 heterocycles. The van der Waals surface area contributed by atoms with Crippen LogP contribution in [0.4, 0.5) is 4.79 Å². The molecule has 0 bridgehead atoms. The lowest BCUT2D eigenvalue weighted by atomic mass is 9.93. The predicted octanol–water partition coefficient (Wildman–Crippen LogP) is 3.27. The molecule has 0 spiro atoms. The van der Waals surface area contributed by atoms with E-state index in [0.29, 0.717) is 0 Å². The average Bonchev–Trinajstić information content (AvgIpc) is 2.34. The second-order valence-corrected chi connectivity index (χ2v) is 6.27. The molecule has 0 aliphatic heterocycles. The van der Waals surface area contributed by atoms with Crippen LogP contribution in [0.15, 0.2) is 30.3 Å². The number of aliphatic hydroxyl groups excluding tert-OH is 1. The summed E-state index contributed by atoms with van der Waals surface area (Å²) in [6.45, 7) is 9.34. The monoisotopic (exact) mass is 279 g/mol. The van der Waals surface area contributed by atoms with Crippen molar-refractivity contribution in [1.29, 1.82) is 0 Å². The molecule has 1 amide bonds. The Morgan fingerprint density at radius 1 is 1.20 bits per heavy atom. The second-order valence-electron chi connectivity index (χ2n) is 6.27. The fourth-order valence-electron chi connectivity index (χ4n) is 1.91. The van der Waals surface area contributed by atoms with E-state index in [1.807, 2.05) is 65.0 Å². The van der Waals surface area contributed by atoms with Crippen molar-refractivity contribution in [3.63, 3.8) is 0 Å². The summed E-state index contributed by atoms with van der Waals surface area (Å²) in [6.07, 6.45) is -1.27. The summed E-state index contributed by atoms with van der Waals surface area (Å²) < 4.78 is 5.24. The minimum atomic E-state index is -0.760. The number of hydrogen-bond acceptors (Lipinski definition) is 3. The minimum Gasteiger partial charge on any atom is -0.444 e. The third kappa shape index (κ3) is 5.21. The average molecular weight is 279 g/mol. The minimum absolute atomic E-state index is 0.0812. The Morgan fingerprint density at radius 2 is 1.75 bits per heavy atom. The van der Waals surface area contributed by atoms with E-state index in [4.69, 9.17) is 4.74 Å². The molecule has 4 nitrogen and oxygen atoms in total. The van der Waals surface area contributed by atoms with Gasteiger partial charge in [-0.1, -0.05) is 44.2 Å². The molecule has 2 N–H and O–H groups in total. The summed E-state index contributed by atoms with van der Waals surface area (Å²) in [6, 6.07) is 8.91. The quantitative estimate of drug-likeness (QED) is 0.889. The maximum atomic E-state index is 11.9. The number of alkyl carbamates (subject to hydrolysis) is 1. The molecule has 1 aromatic carbocycles. The van der Waals surface area contributed by atoms with Crippen LogP contribution in [0.3, 0.4) is 0 Å². The van der Waals surface area contributed by atoms with E-state index < -0.39 is 23.8 Å². The van der Waals surface area contributed by atoms with Gasteiger partial charge in [0.05, 0.1) is 12.1 Å². The van der Waals surface area contributed by atoms with Crippen molar-refractivity contribution in [2.75, 3.05) is 0 Å². The molecule has 0 saturated carbocycles. The number of hydrogen-bond donors (Lipinski definition) is 2. The van der Waals surface area contributed by atoms with Gasteiger partial charge in [-0.15, -0.1) is 0 Å². The second kappa shape index (κ2) is 6.75. The van der Waals surface area contributed by atoms with Crippen LogP contribution in [0.2, 0.25) is 0 Å². The highest BCUT2D eigenvalue weighted by Gasteiger charge is 2.27. The maximum absolute atomic E-state index is 11.9. The summed E-state index contributed by atoms with van der Waals surface area (Å²) in [7, 11) is 0. The van der Waals surface area contributed by atoms with E-state index in [9.17, 15) is 9.90 Å². The largest absolute Gasteiger partial charge is 0.444 e. The third-order valence-electron chi connectivity index (χ3n) is 2.88. The molecule has 0 aliphatic rings. The van der Waals surface area contributed by atoms with Crippen molar-refractivity contribution in [3.05, 3.63) is 35.9 Å². The number of ether oxygens (including phenoxy) is 1. The molecule has 1 rings (SSSR count). The number of rotatable bonds is 4. The summed E-state index contributed by atoms with van der Waals surface area (Å²) in [4.78, 5) is 11.9. The molecule has 4 heteroatoms. The number of carbonyl (C=O) groups excluding carboxylic acids is 1. The Morgan fingerprint density at radius 3 is 2.20 bits per heavy atom. The van der Waals surface area contributed by atoms with Gasteiger partial charge in [0.2, 0.25) is 0 Å². The summed E-state index contributed by atoms with van der Waals surface area (Å²) in [5.41, 5.74) is 0.228. The van der Waals surface area contributed by atoms with Gasteiger partial charge in [-0.2, -0.15) is 0 Å². The standard InChI is InChI=1S/C16H25NO3/c1-11(2)13(17-15(19)20-16(3,4)5)14(18)12-9-7-6-8-10-12/h6-11,13-14,18H,1-5H3,(H,17,19)/t13-,14-/m0/s1. The first-order chi connectivity index (χ1) is 9.20. The van der Waals surface area contributed by atoms with Crippen LogP contribution in [0.25, 0.3) is 0 Å². The van der Waals surface area contributed by atoms with E-state index in [1.54, 1.807) is 0 Å². The van der Waals surface area contributed by atoms with Crippen molar-refractivity contribution >= 4 is 6.09 Å². The van der Waals surface area contributed by atoms with Crippen molar-refractivity contribution in [2.24, 2.45) is 5.92 Å². The van der Waals surface area contributed by atoms with E-state index in [1.165, 1.54) is 0 Å². The van der Waals surface area contributed by atoms with Gasteiger partial charge >= 0.3 is 6.09 Å². The molecule has 0 fully saturated rings. The smallest absolute Gasteiger partial charge is 0.407 e. The molecule has 0 unspecified atom stereocenters. The highest BCUT2D eigenvalue weighted by molar-refractivity contribution is 5.68. The molecule has 0 saturated heterocycles. The van der Waals surface area contributed by atoms with Gasteiger partial charge in [-0.05, 0) is 32.3 Å². The van der Waals surface area contributed by atoms with Crippen molar-refractivity contribution in [1.82, 2.24) is 5.32 Å². The Labute approximate surface area is 121 Å². The van der Waals surface area contributed by atoms with Gasteiger partial charge in [-0.3, -0.25) is 0 Å². The van der Waals surface area contributed by atoms with E-state index in [-0.39, 0.29) is 5.92 Å². The SMILES string of the molecule is CC(C)[C@H](NC(=O)OC(C)(C)C)[C@@H](O)c1ccccc1. The van der Waals surface area contributed by atoms with Gasteiger partial charge in [-0.25, -0.2) is 4.79 Å². The molecule has 0 aromatic heterocycles. The first-order valence-corrected chi connectivity index (χ1v) is 6.93. The molecular formula is C16H25NO3. The van der Waals surface area contributed by atoms with E-state index in [0.717, 1.165) is 5.56 Å². The molecule has 0 aliphatic carbocycles. The van der Waals surface area contributed by atoms with Gasteiger partial charge < -0.3 is 15.2 Å². The van der Waals surface area contributed by atoms with Gasteiger partial charge in [0.1, 0.15) is 5.60 Å². The highest BCUT2D eigenvalue weighted by atomic mass is 16.6. The lowest BCUT2D eigenvalue weighted by Gasteiger charge is -2.29. The van der Waals surface area contributed by atoms with E-state index >= 15 is 0 Å². The fraction of sp³-hybridized carbons (Fsp3) is 0.562. The number of aliphatic hydroxyl groups is 1. The van der Waals surface area contributed by atoms with Crippen LogP contribution < -0.4 is 5.32 Å². The Balaban J connectivity index is 2.77. The Kier molecular flexibility index (Phi) is 5.57. The first kappa shape index (κ1) is 16.5. The zero-order valence-corrected chi connectivity index (χ0v) is 12.9. The molecule has 112 valence electrons. The molecule has 1 aromatic rings. The number of amides is 1. The topological polar surface area (TPSA) is 58.6 Å². The highest BCUT2D eigenvalue weighted by Crippen LogP contribution is 2.22. The van der Waals surface area contributed by atoms with Crippen LogP contribution in [0, 0.1) is 5.92 Å². The van der Waals surface area contributed by atoms with Crippen LogP contribution >= 0.6 is 0 Å². The lowest BCUT2D eigenvalue weighted by Crippen LogP contribution is -2.45. The predicted molar refractivity (Wildman–Crippen MR) is 79.4 cm³/mol.